The minimum absolute atomic E-state index is 0.141. The molecule has 0 radical (unpaired) electrons. The van der Waals surface area contributed by atoms with Gasteiger partial charge in [-0.1, -0.05) is 39.0 Å². The first-order valence-electron chi connectivity index (χ1n) is 9.15. The second-order valence-electron chi connectivity index (χ2n) is 8.98. The average molecular weight is 362 g/mol. The van der Waals surface area contributed by atoms with Gasteiger partial charge in [0.25, 0.3) is 0 Å². The Kier molecular flexibility index (Phi) is 4.63. The molecule has 3 rings (SSSR count). The van der Waals surface area contributed by atoms with Gasteiger partial charge in [-0.25, -0.2) is 4.98 Å². The van der Waals surface area contributed by atoms with Crippen molar-refractivity contribution in [2.24, 2.45) is 5.92 Å². The first-order chi connectivity index (χ1) is 11.6. The maximum Gasteiger partial charge on any atom is 0.213 e. The highest BCUT2D eigenvalue weighted by Crippen LogP contribution is 2.47. The Bertz CT molecular complexity index is 680. The summed E-state index contributed by atoms with van der Waals surface area (Å²) in [6.07, 6.45) is 5.62. The van der Waals surface area contributed by atoms with Gasteiger partial charge in [0.2, 0.25) is 5.88 Å². The normalized spacial score (nSPS) is 28.6. The monoisotopic (exact) mass is 361 g/mol. The number of pyridine rings is 1. The molecule has 0 saturated carbocycles. The van der Waals surface area contributed by atoms with Crippen molar-refractivity contribution < 1.29 is 14.3 Å². The maximum atomic E-state index is 11.1. The van der Waals surface area contributed by atoms with E-state index in [4.69, 9.17) is 9.16 Å². The second-order valence-corrected chi connectivity index (χ2v) is 13.8. The van der Waals surface area contributed by atoms with Crippen LogP contribution in [-0.2, 0) is 16.3 Å². The maximum absolute atomic E-state index is 11.1. The molecule has 1 N–H and O–H groups in total. The molecular formula is C20H31NO3Si. The molecule has 2 aliphatic rings. The first-order valence-corrected chi connectivity index (χ1v) is 12.1. The third kappa shape index (κ3) is 3.07. The van der Waals surface area contributed by atoms with Crippen LogP contribution in [0.1, 0.15) is 38.4 Å². The van der Waals surface area contributed by atoms with Gasteiger partial charge in [0, 0.05) is 18.4 Å². The summed E-state index contributed by atoms with van der Waals surface area (Å²) in [5.74, 6) is 0.831. The molecule has 0 saturated heterocycles. The number of aliphatic hydroxyl groups excluding tert-OH is 1. The number of hydrogen-bond donors (Lipinski definition) is 1. The van der Waals surface area contributed by atoms with Crippen molar-refractivity contribution in [3.8, 4) is 5.88 Å². The van der Waals surface area contributed by atoms with E-state index in [0.717, 1.165) is 24.1 Å². The number of ether oxygens (including phenoxy) is 1. The lowest BCUT2D eigenvalue weighted by atomic mass is 9.62. The fourth-order valence-corrected chi connectivity index (χ4v) is 4.73. The molecular weight excluding hydrogens is 330 g/mol. The van der Waals surface area contributed by atoms with Crippen LogP contribution in [0.4, 0.5) is 0 Å². The standard InChI is InChI=1S/C20H31NO3Si/c1-19(2,3)25(5,6)24-13-20-11-7-8-14(18(20)22)12-16-15(20)9-10-17(21-16)23-4/h7,9-11,14,18,22H,8,12-13H2,1-6H3/t14-,18-,20-/m0/s1. The van der Waals surface area contributed by atoms with Gasteiger partial charge in [-0.15, -0.1) is 0 Å². The van der Waals surface area contributed by atoms with Crippen LogP contribution in [0, 0.1) is 5.92 Å². The molecule has 0 aliphatic heterocycles. The van der Waals surface area contributed by atoms with Crippen LogP contribution in [0.15, 0.2) is 24.3 Å². The summed E-state index contributed by atoms with van der Waals surface area (Å²) < 4.78 is 11.9. The van der Waals surface area contributed by atoms with E-state index in [-0.39, 0.29) is 11.0 Å². The smallest absolute Gasteiger partial charge is 0.213 e. The highest BCUT2D eigenvalue weighted by molar-refractivity contribution is 6.74. The van der Waals surface area contributed by atoms with Crippen molar-refractivity contribution in [3.05, 3.63) is 35.5 Å². The lowest BCUT2D eigenvalue weighted by Crippen LogP contribution is -2.55. The quantitative estimate of drug-likeness (QED) is 0.654. The summed E-state index contributed by atoms with van der Waals surface area (Å²) in [6, 6.07) is 3.95. The van der Waals surface area contributed by atoms with Crippen molar-refractivity contribution in [2.75, 3.05) is 13.7 Å². The van der Waals surface area contributed by atoms with Gasteiger partial charge < -0.3 is 14.3 Å². The molecule has 0 amide bonds. The highest BCUT2D eigenvalue weighted by atomic mass is 28.4. The van der Waals surface area contributed by atoms with Crippen LogP contribution in [-0.4, -0.2) is 38.2 Å². The van der Waals surface area contributed by atoms with E-state index >= 15 is 0 Å². The van der Waals surface area contributed by atoms with E-state index in [1.54, 1.807) is 7.11 Å². The lowest BCUT2D eigenvalue weighted by Gasteiger charge is -2.49. The Morgan fingerprint density at radius 1 is 1.32 bits per heavy atom. The summed E-state index contributed by atoms with van der Waals surface area (Å²) >= 11 is 0. The number of hydrogen-bond acceptors (Lipinski definition) is 4. The molecule has 138 valence electrons. The molecule has 5 heteroatoms. The minimum atomic E-state index is -1.91. The van der Waals surface area contributed by atoms with Crippen molar-refractivity contribution in [3.63, 3.8) is 0 Å². The molecule has 1 aromatic heterocycles. The number of aliphatic hydroxyl groups is 1. The predicted molar refractivity (Wildman–Crippen MR) is 103 cm³/mol. The zero-order valence-electron chi connectivity index (χ0n) is 16.3. The highest BCUT2D eigenvalue weighted by Gasteiger charge is 2.50. The Morgan fingerprint density at radius 2 is 2.04 bits per heavy atom. The van der Waals surface area contributed by atoms with E-state index in [1.807, 2.05) is 6.07 Å². The molecule has 4 nitrogen and oxygen atoms in total. The number of aromatic nitrogens is 1. The van der Waals surface area contributed by atoms with Crippen LogP contribution in [0.25, 0.3) is 0 Å². The van der Waals surface area contributed by atoms with Gasteiger partial charge in [0.05, 0.1) is 18.6 Å². The van der Waals surface area contributed by atoms with Gasteiger partial charge in [0.15, 0.2) is 8.32 Å². The Labute approximate surface area is 152 Å². The summed E-state index contributed by atoms with van der Waals surface area (Å²) in [7, 11) is -0.266. The topological polar surface area (TPSA) is 51.6 Å². The molecule has 1 aromatic rings. The Hall–Kier alpha value is -1.17. The van der Waals surface area contributed by atoms with Crippen molar-refractivity contribution in [1.29, 1.82) is 0 Å². The number of fused-ring (bicyclic) bond motifs is 4. The van der Waals surface area contributed by atoms with E-state index in [0.29, 0.717) is 12.5 Å². The van der Waals surface area contributed by atoms with Crippen LogP contribution >= 0.6 is 0 Å². The number of allylic oxidation sites excluding steroid dienone is 1. The third-order valence-corrected chi connectivity index (χ3v) is 10.9. The summed E-state index contributed by atoms with van der Waals surface area (Å²) in [4.78, 5) is 4.68. The first kappa shape index (κ1) is 18.6. The van der Waals surface area contributed by atoms with Crippen LogP contribution in [0.3, 0.4) is 0 Å². The van der Waals surface area contributed by atoms with E-state index in [1.165, 1.54) is 0 Å². The molecule has 2 bridgehead atoms. The number of rotatable bonds is 4. The second kappa shape index (κ2) is 6.22. The van der Waals surface area contributed by atoms with Gasteiger partial charge in [-0.05, 0) is 42.5 Å². The SMILES string of the molecule is COc1ccc2c(n1)C[C@@H]1CC=C[C@@]2(CO[Si](C)(C)C(C)(C)C)[C@H]1O. The van der Waals surface area contributed by atoms with Crippen LogP contribution in [0.5, 0.6) is 5.88 Å². The van der Waals surface area contributed by atoms with Crippen molar-refractivity contribution in [1.82, 2.24) is 4.98 Å². The number of methoxy groups -OCH3 is 1. The fraction of sp³-hybridized carbons (Fsp3) is 0.650. The largest absolute Gasteiger partial charge is 0.481 e. The van der Waals surface area contributed by atoms with E-state index < -0.39 is 19.8 Å². The van der Waals surface area contributed by atoms with Gasteiger partial charge >= 0.3 is 0 Å². The zero-order chi connectivity index (χ0) is 18.5. The Morgan fingerprint density at radius 3 is 2.68 bits per heavy atom. The average Bonchev–Trinajstić information content (AvgIpc) is 2.53. The molecule has 0 unspecified atom stereocenters. The predicted octanol–water partition coefficient (Wildman–Crippen LogP) is 3.84. The van der Waals surface area contributed by atoms with Crippen LogP contribution in [0.2, 0.25) is 18.1 Å². The summed E-state index contributed by atoms with van der Waals surface area (Å²) in [5.41, 5.74) is 1.63. The zero-order valence-corrected chi connectivity index (χ0v) is 17.3. The molecule has 3 atom stereocenters. The summed E-state index contributed by atoms with van der Waals surface area (Å²) in [6.45, 7) is 11.8. The lowest BCUT2D eigenvalue weighted by molar-refractivity contribution is 0.00717. The van der Waals surface area contributed by atoms with Crippen LogP contribution < -0.4 is 4.74 Å². The fourth-order valence-electron chi connectivity index (χ4n) is 3.70. The molecule has 2 aliphatic carbocycles. The van der Waals surface area contributed by atoms with Gasteiger partial charge in [-0.2, -0.15) is 0 Å². The van der Waals surface area contributed by atoms with Gasteiger partial charge in [0.1, 0.15) is 0 Å². The molecule has 0 fully saturated rings. The number of nitrogens with zero attached hydrogens (tertiary/aromatic N) is 1. The van der Waals surface area contributed by atoms with E-state index in [9.17, 15) is 5.11 Å². The van der Waals surface area contributed by atoms with E-state index in [2.05, 4.69) is 57.1 Å². The van der Waals surface area contributed by atoms with Crippen molar-refractivity contribution in [2.45, 2.75) is 63.3 Å². The Balaban J connectivity index is 2.00. The molecule has 0 spiro atoms. The minimum Gasteiger partial charge on any atom is -0.481 e. The summed E-state index contributed by atoms with van der Waals surface area (Å²) in [5, 5.41) is 11.3. The molecule has 1 heterocycles. The molecule has 0 aromatic carbocycles. The third-order valence-electron chi connectivity index (χ3n) is 6.42. The molecule has 25 heavy (non-hydrogen) atoms. The van der Waals surface area contributed by atoms with Crippen molar-refractivity contribution >= 4 is 8.32 Å². The van der Waals surface area contributed by atoms with Gasteiger partial charge in [-0.3, -0.25) is 0 Å².